The van der Waals surface area contributed by atoms with Crippen molar-refractivity contribution in [1.29, 1.82) is 0 Å². The molecule has 0 spiro atoms. The topological polar surface area (TPSA) is 83.8 Å². The molecular weight excluding hydrogens is 188 g/mol. The van der Waals surface area contributed by atoms with Crippen LogP contribution in [0.25, 0.3) is 0 Å². The van der Waals surface area contributed by atoms with E-state index in [0.717, 1.165) is 0 Å². The first-order valence-electron chi connectivity index (χ1n) is 4.32. The molecule has 14 heavy (non-hydrogen) atoms. The van der Waals surface area contributed by atoms with Crippen LogP contribution in [0.1, 0.15) is 34.1 Å². The lowest BCUT2D eigenvalue weighted by Gasteiger charge is -2.26. The van der Waals surface area contributed by atoms with Gasteiger partial charge in [-0.25, -0.2) is 9.59 Å². The van der Waals surface area contributed by atoms with Gasteiger partial charge in [-0.05, 0) is 27.2 Å². The predicted molar refractivity (Wildman–Crippen MR) is 48.7 cm³/mol. The maximum atomic E-state index is 11.3. The van der Waals surface area contributed by atoms with E-state index in [9.17, 15) is 14.7 Å². The summed E-state index contributed by atoms with van der Waals surface area (Å²) in [5.41, 5.74) is -3.25. The average molecular weight is 204 g/mol. The summed E-state index contributed by atoms with van der Waals surface area (Å²) in [5.74, 6) is -2.18. The number of hydrogen-bond acceptors (Lipinski definition) is 4. The lowest BCUT2D eigenvalue weighted by Crippen LogP contribution is -2.45. The second-order valence-electron chi connectivity index (χ2n) is 3.83. The average Bonchev–Trinajstić information content (AvgIpc) is 2.03. The van der Waals surface area contributed by atoms with E-state index in [2.05, 4.69) is 4.74 Å². The lowest BCUT2D eigenvalue weighted by atomic mass is 10.0. The van der Waals surface area contributed by atoms with Crippen molar-refractivity contribution in [2.75, 3.05) is 0 Å². The minimum Gasteiger partial charge on any atom is -0.478 e. The number of esters is 1. The molecule has 0 rings (SSSR count). The highest BCUT2D eigenvalue weighted by molar-refractivity contribution is 5.84. The van der Waals surface area contributed by atoms with Crippen molar-refractivity contribution >= 4 is 11.9 Å². The zero-order valence-electron chi connectivity index (χ0n) is 8.83. The monoisotopic (exact) mass is 204 g/mol. The maximum absolute atomic E-state index is 11.3. The van der Waals surface area contributed by atoms with Crippen LogP contribution in [0.2, 0.25) is 0 Å². The SMILES string of the molecule is CCC(C)(O)C(=O)OC(C)(C)C(=O)O. The Labute approximate surface area is 82.7 Å². The van der Waals surface area contributed by atoms with Crippen molar-refractivity contribution in [1.82, 2.24) is 0 Å². The first kappa shape index (κ1) is 12.9. The number of carbonyl (C=O) groups is 2. The standard InChI is InChI=1S/C9H16O5/c1-5-9(4,13)7(12)14-8(2,3)6(10)11/h13H,5H2,1-4H3,(H,10,11). The Hall–Kier alpha value is -1.10. The van der Waals surface area contributed by atoms with Crippen LogP contribution in [0, 0.1) is 0 Å². The molecule has 0 aromatic rings. The summed E-state index contributed by atoms with van der Waals surface area (Å²) in [6.07, 6.45) is 0.168. The van der Waals surface area contributed by atoms with Gasteiger partial charge in [-0.3, -0.25) is 0 Å². The van der Waals surface area contributed by atoms with E-state index in [-0.39, 0.29) is 6.42 Å². The largest absolute Gasteiger partial charge is 0.478 e. The fourth-order valence-electron chi connectivity index (χ4n) is 0.530. The van der Waals surface area contributed by atoms with Gasteiger partial charge < -0.3 is 14.9 Å². The molecule has 0 heterocycles. The van der Waals surface area contributed by atoms with Crippen molar-refractivity contribution < 1.29 is 24.5 Å². The van der Waals surface area contributed by atoms with Crippen LogP contribution in [0.3, 0.4) is 0 Å². The van der Waals surface area contributed by atoms with Gasteiger partial charge in [0, 0.05) is 0 Å². The van der Waals surface area contributed by atoms with Gasteiger partial charge in [-0.15, -0.1) is 0 Å². The summed E-state index contributed by atoms with van der Waals surface area (Å²) in [5, 5.41) is 18.1. The fraction of sp³-hybridized carbons (Fsp3) is 0.778. The number of carboxylic acid groups (broad SMARTS) is 1. The molecular formula is C9H16O5. The summed E-state index contributed by atoms with van der Waals surface area (Å²) in [4.78, 5) is 21.9. The zero-order chi connectivity index (χ0) is 11.6. The molecule has 0 saturated carbocycles. The molecule has 0 aliphatic carbocycles. The predicted octanol–water partition coefficient (Wildman–Crippen LogP) is 0.554. The van der Waals surface area contributed by atoms with Gasteiger partial charge >= 0.3 is 11.9 Å². The van der Waals surface area contributed by atoms with Gasteiger partial charge in [0.1, 0.15) is 0 Å². The minimum atomic E-state index is -1.63. The highest BCUT2D eigenvalue weighted by Crippen LogP contribution is 2.17. The lowest BCUT2D eigenvalue weighted by molar-refractivity contribution is -0.187. The number of hydrogen-bond donors (Lipinski definition) is 2. The summed E-state index contributed by atoms with van der Waals surface area (Å²) < 4.78 is 4.67. The maximum Gasteiger partial charge on any atom is 0.347 e. The van der Waals surface area contributed by atoms with Gasteiger partial charge in [0.2, 0.25) is 5.60 Å². The highest BCUT2D eigenvalue weighted by atomic mass is 16.6. The van der Waals surface area contributed by atoms with Crippen molar-refractivity contribution in [3.05, 3.63) is 0 Å². The zero-order valence-corrected chi connectivity index (χ0v) is 8.83. The fourth-order valence-corrected chi connectivity index (χ4v) is 0.530. The minimum absolute atomic E-state index is 0.168. The summed E-state index contributed by atoms with van der Waals surface area (Å²) in [6.45, 7) is 5.39. The van der Waals surface area contributed by atoms with Crippen LogP contribution in [-0.2, 0) is 14.3 Å². The van der Waals surface area contributed by atoms with E-state index < -0.39 is 23.1 Å². The smallest absolute Gasteiger partial charge is 0.347 e. The summed E-state index contributed by atoms with van der Waals surface area (Å²) in [6, 6.07) is 0. The van der Waals surface area contributed by atoms with Crippen molar-refractivity contribution in [2.45, 2.75) is 45.3 Å². The molecule has 82 valence electrons. The molecule has 0 saturated heterocycles. The molecule has 0 amide bonds. The van der Waals surface area contributed by atoms with Gasteiger partial charge in [0.25, 0.3) is 0 Å². The number of carboxylic acids is 1. The molecule has 0 aromatic carbocycles. The Morgan fingerprint density at radius 3 is 2.00 bits per heavy atom. The molecule has 5 heteroatoms. The normalized spacial score (nSPS) is 15.8. The Morgan fingerprint density at radius 1 is 1.29 bits per heavy atom. The molecule has 0 fully saturated rings. The van der Waals surface area contributed by atoms with Crippen LogP contribution in [0.4, 0.5) is 0 Å². The second-order valence-corrected chi connectivity index (χ2v) is 3.83. The molecule has 0 aliphatic heterocycles. The van der Waals surface area contributed by atoms with E-state index in [1.165, 1.54) is 20.8 Å². The van der Waals surface area contributed by atoms with Crippen molar-refractivity contribution in [3.8, 4) is 0 Å². The third kappa shape index (κ3) is 2.99. The first-order valence-corrected chi connectivity index (χ1v) is 4.32. The van der Waals surface area contributed by atoms with Gasteiger partial charge in [-0.1, -0.05) is 6.92 Å². The van der Waals surface area contributed by atoms with E-state index in [1.54, 1.807) is 6.92 Å². The van der Waals surface area contributed by atoms with Crippen LogP contribution in [0.5, 0.6) is 0 Å². The molecule has 0 radical (unpaired) electrons. The molecule has 0 aliphatic rings. The van der Waals surface area contributed by atoms with Gasteiger partial charge in [-0.2, -0.15) is 0 Å². The third-order valence-electron chi connectivity index (χ3n) is 1.99. The number of rotatable bonds is 4. The van der Waals surface area contributed by atoms with Crippen LogP contribution < -0.4 is 0 Å². The molecule has 0 aromatic heterocycles. The quantitative estimate of drug-likeness (QED) is 0.653. The van der Waals surface area contributed by atoms with E-state index in [1.807, 2.05) is 0 Å². The Balaban J connectivity index is 4.56. The number of aliphatic carboxylic acids is 1. The Bertz CT molecular complexity index is 242. The molecule has 2 N–H and O–H groups in total. The van der Waals surface area contributed by atoms with Crippen molar-refractivity contribution in [2.24, 2.45) is 0 Å². The summed E-state index contributed by atoms with van der Waals surface area (Å²) >= 11 is 0. The van der Waals surface area contributed by atoms with Crippen LogP contribution in [0.15, 0.2) is 0 Å². The van der Waals surface area contributed by atoms with E-state index in [0.29, 0.717) is 0 Å². The van der Waals surface area contributed by atoms with Gasteiger partial charge in [0.15, 0.2) is 5.60 Å². The Kier molecular flexibility index (Phi) is 3.65. The summed E-state index contributed by atoms with van der Waals surface area (Å²) in [7, 11) is 0. The van der Waals surface area contributed by atoms with Crippen LogP contribution in [-0.4, -0.2) is 33.4 Å². The Morgan fingerprint density at radius 2 is 1.71 bits per heavy atom. The second kappa shape index (κ2) is 3.96. The third-order valence-corrected chi connectivity index (χ3v) is 1.99. The highest BCUT2D eigenvalue weighted by Gasteiger charge is 2.38. The first-order chi connectivity index (χ1) is 6.13. The molecule has 1 atom stereocenters. The number of ether oxygens (including phenoxy) is 1. The molecule has 0 bridgehead atoms. The number of carbonyl (C=O) groups excluding carboxylic acids is 1. The van der Waals surface area contributed by atoms with Crippen LogP contribution >= 0.6 is 0 Å². The number of aliphatic hydroxyl groups is 1. The van der Waals surface area contributed by atoms with Gasteiger partial charge in [0.05, 0.1) is 0 Å². The molecule has 1 unspecified atom stereocenters. The van der Waals surface area contributed by atoms with E-state index in [4.69, 9.17) is 5.11 Å². The van der Waals surface area contributed by atoms with Crippen molar-refractivity contribution in [3.63, 3.8) is 0 Å². The van der Waals surface area contributed by atoms with E-state index >= 15 is 0 Å². The molecule has 5 nitrogen and oxygen atoms in total.